The Bertz CT molecular complexity index is 793. The molecule has 0 bridgehead atoms. The van der Waals surface area contributed by atoms with E-state index >= 15 is 0 Å². The van der Waals surface area contributed by atoms with Gasteiger partial charge in [0.15, 0.2) is 0 Å². The van der Waals surface area contributed by atoms with Gasteiger partial charge in [-0.25, -0.2) is 4.39 Å². The van der Waals surface area contributed by atoms with Gasteiger partial charge in [0.1, 0.15) is 11.2 Å². The Hall–Kier alpha value is -2.73. The highest BCUT2D eigenvalue weighted by Gasteiger charge is 2.57. The number of nitrogens with zero attached hydrogens (tertiary/aromatic N) is 1. The second-order valence-corrected chi connectivity index (χ2v) is 6.51. The molecule has 1 aliphatic rings. The summed E-state index contributed by atoms with van der Waals surface area (Å²) in [5, 5.41) is 10.1. The first-order chi connectivity index (χ1) is 12.5. The van der Waals surface area contributed by atoms with Crippen LogP contribution in [0.2, 0.25) is 0 Å². The number of hydrogen-bond acceptors (Lipinski definition) is 4. The summed E-state index contributed by atoms with van der Waals surface area (Å²) < 4.78 is 18.2. The lowest BCUT2D eigenvalue weighted by molar-refractivity contribution is -0.155. The summed E-state index contributed by atoms with van der Waals surface area (Å²) in [5.41, 5.74) is -0.0518. The van der Waals surface area contributed by atoms with Gasteiger partial charge in [0, 0.05) is 19.6 Å². The highest BCUT2D eigenvalue weighted by Crippen LogP contribution is 2.41. The number of ether oxygens (including phenoxy) is 1. The van der Waals surface area contributed by atoms with E-state index in [2.05, 4.69) is 0 Å². The minimum Gasteiger partial charge on any atom is -0.481 e. The number of hydrogen-bond donors (Lipinski definition) is 1. The van der Waals surface area contributed by atoms with Crippen LogP contribution in [0.25, 0.3) is 0 Å². The zero-order chi connectivity index (χ0) is 18.7. The monoisotopic (exact) mass is 357 g/mol. The quantitative estimate of drug-likeness (QED) is 0.833. The van der Waals surface area contributed by atoms with Crippen molar-refractivity contribution < 1.29 is 23.8 Å². The molecule has 136 valence electrons. The van der Waals surface area contributed by atoms with Crippen LogP contribution in [0.15, 0.2) is 54.6 Å². The number of benzene rings is 2. The number of likely N-dealkylation sites (tertiary alicyclic amines) is 1. The number of halogens is 1. The van der Waals surface area contributed by atoms with Crippen LogP contribution >= 0.6 is 0 Å². The zero-order valence-corrected chi connectivity index (χ0v) is 14.4. The Balaban J connectivity index is 2.00. The molecule has 2 aromatic carbocycles. The molecule has 3 rings (SSSR count). The van der Waals surface area contributed by atoms with Crippen molar-refractivity contribution in [2.24, 2.45) is 5.92 Å². The summed E-state index contributed by atoms with van der Waals surface area (Å²) in [6.45, 7) is 0.915. The second-order valence-electron chi connectivity index (χ2n) is 6.51. The molecular weight excluding hydrogens is 337 g/mol. The Labute approximate surface area is 151 Å². The van der Waals surface area contributed by atoms with Crippen LogP contribution in [0.4, 0.5) is 4.39 Å². The summed E-state index contributed by atoms with van der Waals surface area (Å²) >= 11 is 0. The van der Waals surface area contributed by atoms with E-state index in [-0.39, 0.29) is 13.1 Å². The molecule has 0 amide bonds. The molecular formula is C20H20FNO4. The van der Waals surface area contributed by atoms with E-state index in [1.165, 1.54) is 31.4 Å². The van der Waals surface area contributed by atoms with Crippen LogP contribution in [0.1, 0.15) is 11.1 Å². The van der Waals surface area contributed by atoms with Gasteiger partial charge in [-0.1, -0.05) is 42.5 Å². The van der Waals surface area contributed by atoms with Crippen LogP contribution < -0.4 is 0 Å². The number of carbonyl (C=O) groups excluding carboxylic acids is 1. The molecule has 1 heterocycles. The minimum atomic E-state index is -1.48. The Morgan fingerprint density at radius 3 is 2.42 bits per heavy atom. The average molecular weight is 357 g/mol. The smallest absolute Gasteiger partial charge is 0.316 e. The Morgan fingerprint density at radius 2 is 1.85 bits per heavy atom. The predicted octanol–water partition coefficient (Wildman–Crippen LogP) is 2.45. The molecule has 0 aromatic heterocycles. The summed E-state index contributed by atoms with van der Waals surface area (Å²) in [6, 6.07) is 14.9. The molecule has 0 spiro atoms. The molecule has 5 nitrogen and oxygen atoms in total. The minimum absolute atomic E-state index is 0.141. The number of aliphatic carboxylic acids is 1. The lowest BCUT2D eigenvalue weighted by Crippen LogP contribution is -2.46. The Morgan fingerprint density at radius 1 is 1.19 bits per heavy atom. The van der Waals surface area contributed by atoms with Crippen LogP contribution in [0.5, 0.6) is 0 Å². The fourth-order valence-electron chi connectivity index (χ4n) is 3.70. The van der Waals surface area contributed by atoms with Gasteiger partial charge in [-0.3, -0.25) is 14.5 Å². The summed E-state index contributed by atoms with van der Waals surface area (Å²) in [6.07, 6.45) is 0. The van der Waals surface area contributed by atoms with Gasteiger partial charge in [0.25, 0.3) is 0 Å². The van der Waals surface area contributed by atoms with Crippen molar-refractivity contribution in [3.8, 4) is 0 Å². The first-order valence-corrected chi connectivity index (χ1v) is 8.31. The van der Waals surface area contributed by atoms with E-state index in [4.69, 9.17) is 4.74 Å². The summed E-state index contributed by atoms with van der Waals surface area (Å²) in [4.78, 5) is 26.6. The van der Waals surface area contributed by atoms with Crippen molar-refractivity contribution in [3.05, 3.63) is 71.5 Å². The number of esters is 1. The van der Waals surface area contributed by atoms with Gasteiger partial charge in [-0.05, 0) is 23.3 Å². The van der Waals surface area contributed by atoms with E-state index in [0.717, 1.165) is 5.56 Å². The average Bonchev–Trinajstić information content (AvgIpc) is 3.03. The maximum Gasteiger partial charge on any atom is 0.316 e. The SMILES string of the molecule is COC(=O)C1CN(Cc2ccccc2)CC1(C(=O)O)c1ccc(F)cc1. The number of methoxy groups -OCH3 is 1. The van der Waals surface area contributed by atoms with Crippen LogP contribution in [0, 0.1) is 11.7 Å². The molecule has 26 heavy (non-hydrogen) atoms. The predicted molar refractivity (Wildman–Crippen MR) is 92.9 cm³/mol. The van der Waals surface area contributed by atoms with Gasteiger partial charge in [0.05, 0.1) is 13.0 Å². The second kappa shape index (κ2) is 7.25. The maximum absolute atomic E-state index is 13.3. The van der Waals surface area contributed by atoms with Crippen molar-refractivity contribution in [2.75, 3.05) is 20.2 Å². The zero-order valence-electron chi connectivity index (χ0n) is 14.4. The van der Waals surface area contributed by atoms with Gasteiger partial charge in [-0.15, -0.1) is 0 Å². The van der Waals surface area contributed by atoms with Crippen LogP contribution in [0.3, 0.4) is 0 Å². The third-order valence-corrected chi connectivity index (χ3v) is 4.98. The molecule has 0 saturated carbocycles. The molecule has 0 radical (unpaired) electrons. The molecule has 2 atom stereocenters. The lowest BCUT2D eigenvalue weighted by Gasteiger charge is -2.29. The van der Waals surface area contributed by atoms with Crippen LogP contribution in [-0.2, 0) is 26.3 Å². The lowest BCUT2D eigenvalue weighted by atomic mass is 9.72. The van der Waals surface area contributed by atoms with Crippen molar-refractivity contribution in [3.63, 3.8) is 0 Å². The van der Waals surface area contributed by atoms with Crippen molar-refractivity contribution in [1.29, 1.82) is 0 Å². The first kappa shape index (κ1) is 18.1. The van der Waals surface area contributed by atoms with E-state index in [1.54, 1.807) is 0 Å². The number of carbonyl (C=O) groups is 2. The number of carboxylic acids is 1. The largest absolute Gasteiger partial charge is 0.481 e. The third-order valence-electron chi connectivity index (χ3n) is 4.98. The molecule has 2 unspecified atom stereocenters. The van der Waals surface area contributed by atoms with E-state index in [1.807, 2.05) is 35.2 Å². The molecule has 1 N–H and O–H groups in total. The maximum atomic E-state index is 13.3. The van der Waals surface area contributed by atoms with Gasteiger partial charge in [-0.2, -0.15) is 0 Å². The van der Waals surface area contributed by atoms with Crippen molar-refractivity contribution >= 4 is 11.9 Å². The normalized spacial score (nSPS) is 22.9. The molecule has 6 heteroatoms. The van der Waals surface area contributed by atoms with Gasteiger partial charge < -0.3 is 9.84 Å². The third kappa shape index (κ3) is 3.20. The van der Waals surface area contributed by atoms with Gasteiger partial charge >= 0.3 is 11.9 Å². The molecule has 1 saturated heterocycles. The fraction of sp³-hybridized carbons (Fsp3) is 0.300. The van der Waals surface area contributed by atoms with Crippen molar-refractivity contribution in [2.45, 2.75) is 12.0 Å². The Kier molecular flexibility index (Phi) is 5.04. The molecule has 2 aromatic rings. The first-order valence-electron chi connectivity index (χ1n) is 8.31. The van der Waals surface area contributed by atoms with E-state index in [0.29, 0.717) is 12.1 Å². The molecule has 1 fully saturated rings. The van der Waals surface area contributed by atoms with E-state index < -0.39 is 29.1 Å². The standard InChI is InChI=1S/C20H20FNO4/c1-26-18(23)17-12-22(11-14-5-3-2-4-6-14)13-20(17,19(24)25)15-7-9-16(21)10-8-15/h2-10,17H,11-13H2,1H3,(H,24,25). The van der Waals surface area contributed by atoms with Gasteiger partial charge in [0.2, 0.25) is 0 Å². The molecule has 1 aliphatic heterocycles. The highest BCUT2D eigenvalue weighted by molar-refractivity contribution is 5.90. The fourth-order valence-corrected chi connectivity index (χ4v) is 3.70. The topological polar surface area (TPSA) is 66.8 Å². The van der Waals surface area contributed by atoms with Crippen LogP contribution in [-0.4, -0.2) is 42.1 Å². The highest BCUT2D eigenvalue weighted by atomic mass is 19.1. The number of rotatable bonds is 5. The summed E-state index contributed by atoms with van der Waals surface area (Å²) in [5.74, 6) is -3.02. The number of carboxylic acid groups (broad SMARTS) is 1. The molecule has 0 aliphatic carbocycles. The van der Waals surface area contributed by atoms with E-state index in [9.17, 15) is 19.1 Å². The van der Waals surface area contributed by atoms with Crippen molar-refractivity contribution in [1.82, 2.24) is 4.90 Å². The summed E-state index contributed by atoms with van der Waals surface area (Å²) in [7, 11) is 1.25.